The van der Waals surface area contributed by atoms with Crippen LogP contribution in [0.15, 0.2) is 39.5 Å². The quantitative estimate of drug-likeness (QED) is 0.789. The highest BCUT2D eigenvalue weighted by Gasteiger charge is 2.31. The fraction of sp³-hybridized carbons (Fsp3) is 0.167. The molecule has 0 fully saturated rings. The van der Waals surface area contributed by atoms with E-state index in [4.69, 9.17) is 5.73 Å². The number of hydrogen-bond donors (Lipinski definition) is 1. The third kappa shape index (κ3) is 3.72. The van der Waals surface area contributed by atoms with Gasteiger partial charge in [0.15, 0.2) is 0 Å². The monoisotopic (exact) mass is 371 g/mol. The van der Waals surface area contributed by atoms with Crippen molar-refractivity contribution < 1.29 is 13.2 Å². The summed E-state index contributed by atoms with van der Waals surface area (Å²) < 4.78 is 38.5. The molecular formula is C12H10BrClF3NS. The molecule has 2 N–H and O–H groups in total. The molecule has 19 heavy (non-hydrogen) atoms. The molecule has 0 amide bonds. The summed E-state index contributed by atoms with van der Waals surface area (Å²) in [6, 6.07) is 4.75. The van der Waals surface area contributed by atoms with E-state index < -0.39 is 17.8 Å². The molecule has 0 aliphatic rings. The first-order valence-electron chi connectivity index (χ1n) is 5.04. The van der Waals surface area contributed by atoms with Gasteiger partial charge in [0.05, 0.1) is 11.6 Å². The molecule has 1 aromatic carbocycles. The lowest BCUT2D eigenvalue weighted by Gasteiger charge is -2.15. The summed E-state index contributed by atoms with van der Waals surface area (Å²) in [4.78, 5) is 0. The van der Waals surface area contributed by atoms with Gasteiger partial charge in [0.25, 0.3) is 0 Å². The second kappa shape index (κ2) is 6.26. The molecule has 0 spiro atoms. The standard InChI is InChI=1S/C12H9BrF3NS.ClH/c13-10-2-1-8(12(14,15)16)5-9(10)11(17)7-3-4-18-6-7;/h1-6,11H,17H2;1H/t11-;/m0./s1. The van der Waals surface area contributed by atoms with Gasteiger partial charge in [0, 0.05) is 4.47 Å². The summed E-state index contributed by atoms with van der Waals surface area (Å²) >= 11 is 4.70. The average Bonchev–Trinajstić information content (AvgIpc) is 2.80. The van der Waals surface area contributed by atoms with Crippen LogP contribution in [-0.4, -0.2) is 0 Å². The molecule has 0 aliphatic heterocycles. The molecule has 0 radical (unpaired) electrons. The molecule has 0 unspecified atom stereocenters. The maximum absolute atomic E-state index is 12.7. The third-order valence-corrected chi connectivity index (χ3v) is 3.98. The minimum atomic E-state index is -4.36. The van der Waals surface area contributed by atoms with Gasteiger partial charge in [0.2, 0.25) is 0 Å². The topological polar surface area (TPSA) is 26.0 Å². The molecule has 0 saturated carbocycles. The molecule has 1 aromatic heterocycles. The Hall–Kier alpha value is -0.560. The Balaban J connectivity index is 0.00000180. The van der Waals surface area contributed by atoms with E-state index in [-0.39, 0.29) is 12.4 Å². The zero-order valence-corrected chi connectivity index (χ0v) is 12.7. The highest BCUT2D eigenvalue weighted by atomic mass is 79.9. The van der Waals surface area contributed by atoms with Crippen LogP contribution in [0.3, 0.4) is 0 Å². The first kappa shape index (κ1) is 16.5. The SMILES string of the molecule is Cl.N[C@@H](c1ccsc1)c1cc(C(F)(F)F)ccc1Br. The van der Waals surface area contributed by atoms with Crippen molar-refractivity contribution in [2.24, 2.45) is 5.73 Å². The van der Waals surface area contributed by atoms with Crippen molar-refractivity contribution in [3.8, 4) is 0 Å². The second-order valence-electron chi connectivity index (χ2n) is 3.77. The molecule has 1 atom stereocenters. The van der Waals surface area contributed by atoms with Crippen molar-refractivity contribution in [1.29, 1.82) is 0 Å². The molecule has 0 bridgehead atoms. The van der Waals surface area contributed by atoms with Crippen molar-refractivity contribution in [2.45, 2.75) is 12.2 Å². The summed E-state index contributed by atoms with van der Waals surface area (Å²) in [6.07, 6.45) is -4.36. The van der Waals surface area contributed by atoms with E-state index in [2.05, 4.69) is 15.9 Å². The highest BCUT2D eigenvalue weighted by Crippen LogP contribution is 2.35. The van der Waals surface area contributed by atoms with Crippen molar-refractivity contribution in [2.75, 3.05) is 0 Å². The summed E-state index contributed by atoms with van der Waals surface area (Å²) in [6.45, 7) is 0. The van der Waals surface area contributed by atoms with Gasteiger partial charge in [-0.2, -0.15) is 24.5 Å². The molecule has 1 nitrogen and oxygen atoms in total. The van der Waals surface area contributed by atoms with Crippen LogP contribution in [-0.2, 0) is 6.18 Å². The number of hydrogen-bond acceptors (Lipinski definition) is 2. The lowest BCUT2D eigenvalue weighted by molar-refractivity contribution is -0.137. The van der Waals surface area contributed by atoms with Crippen LogP contribution < -0.4 is 5.73 Å². The summed E-state index contributed by atoms with van der Waals surface area (Å²) in [5, 5.41) is 3.67. The van der Waals surface area contributed by atoms with Crippen LogP contribution in [0.1, 0.15) is 22.7 Å². The van der Waals surface area contributed by atoms with Crippen molar-refractivity contribution in [1.82, 2.24) is 0 Å². The average molecular weight is 373 g/mol. The Morgan fingerprint density at radius 1 is 1.21 bits per heavy atom. The molecule has 7 heteroatoms. The van der Waals surface area contributed by atoms with Gasteiger partial charge in [-0.25, -0.2) is 0 Å². The Kier molecular flexibility index (Phi) is 5.43. The maximum Gasteiger partial charge on any atom is 0.416 e. The van der Waals surface area contributed by atoms with Crippen LogP contribution >= 0.6 is 39.7 Å². The van der Waals surface area contributed by atoms with Gasteiger partial charge < -0.3 is 5.73 Å². The van der Waals surface area contributed by atoms with Crippen LogP contribution in [0.2, 0.25) is 0 Å². The van der Waals surface area contributed by atoms with Gasteiger partial charge in [-0.1, -0.05) is 15.9 Å². The number of nitrogens with two attached hydrogens (primary N) is 1. The smallest absolute Gasteiger partial charge is 0.320 e. The van der Waals surface area contributed by atoms with Gasteiger partial charge in [-0.05, 0) is 46.2 Å². The first-order valence-corrected chi connectivity index (χ1v) is 6.77. The number of thiophene rings is 1. The zero-order chi connectivity index (χ0) is 13.3. The van der Waals surface area contributed by atoms with Crippen LogP contribution in [0.25, 0.3) is 0 Å². The maximum atomic E-state index is 12.7. The number of benzene rings is 1. The predicted molar refractivity (Wildman–Crippen MR) is 76.7 cm³/mol. The first-order chi connectivity index (χ1) is 8.39. The zero-order valence-electron chi connectivity index (χ0n) is 9.45. The van der Waals surface area contributed by atoms with Gasteiger partial charge in [0.1, 0.15) is 0 Å². The van der Waals surface area contributed by atoms with Crippen LogP contribution in [0.5, 0.6) is 0 Å². The fourth-order valence-corrected chi connectivity index (χ4v) is 2.78. The van der Waals surface area contributed by atoms with E-state index >= 15 is 0 Å². The largest absolute Gasteiger partial charge is 0.416 e. The van der Waals surface area contributed by atoms with E-state index in [0.29, 0.717) is 10.0 Å². The normalized spacial score (nSPS) is 12.9. The Morgan fingerprint density at radius 2 is 1.89 bits per heavy atom. The van der Waals surface area contributed by atoms with E-state index in [1.807, 2.05) is 16.8 Å². The molecule has 104 valence electrons. The predicted octanol–water partition coefficient (Wildman–Crippen LogP) is 5.00. The van der Waals surface area contributed by atoms with E-state index in [1.54, 1.807) is 0 Å². The van der Waals surface area contributed by atoms with E-state index in [1.165, 1.54) is 17.4 Å². The number of rotatable bonds is 2. The third-order valence-electron chi connectivity index (χ3n) is 2.56. The lowest BCUT2D eigenvalue weighted by Crippen LogP contribution is -2.14. The molecule has 1 heterocycles. The molecular weight excluding hydrogens is 363 g/mol. The Labute approximate surface area is 127 Å². The summed E-state index contributed by atoms with van der Waals surface area (Å²) in [5.74, 6) is 0. The van der Waals surface area contributed by atoms with Crippen molar-refractivity contribution >= 4 is 39.7 Å². The lowest BCUT2D eigenvalue weighted by atomic mass is 10.00. The minimum Gasteiger partial charge on any atom is -0.320 e. The van der Waals surface area contributed by atoms with Gasteiger partial charge >= 0.3 is 6.18 Å². The van der Waals surface area contributed by atoms with Gasteiger partial charge in [-0.3, -0.25) is 0 Å². The molecule has 2 rings (SSSR count). The Bertz CT molecular complexity index is 542. The minimum absolute atomic E-state index is 0. The highest BCUT2D eigenvalue weighted by molar-refractivity contribution is 9.10. The fourth-order valence-electron chi connectivity index (χ4n) is 1.59. The van der Waals surface area contributed by atoms with Crippen LogP contribution in [0, 0.1) is 0 Å². The van der Waals surface area contributed by atoms with Gasteiger partial charge in [-0.15, -0.1) is 12.4 Å². The summed E-state index contributed by atoms with van der Waals surface area (Å²) in [5.41, 5.74) is 6.53. The number of halogens is 5. The van der Waals surface area contributed by atoms with E-state index in [9.17, 15) is 13.2 Å². The summed E-state index contributed by atoms with van der Waals surface area (Å²) in [7, 11) is 0. The molecule has 0 aliphatic carbocycles. The second-order valence-corrected chi connectivity index (χ2v) is 5.40. The Morgan fingerprint density at radius 3 is 2.42 bits per heavy atom. The van der Waals surface area contributed by atoms with E-state index in [0.717, 1.165) is 17.7 Å². The molecule has 0 saturated heterocycles. The number of alkyl halides is 3. The van der Waals surface area contributed by atoms with Crippen LogP contribution in [0.4, 0.5) is 13.2 Å². The van der Waals surface area contributed by atoms with Crippen molar-refractivity contribution in [3.63, 3.8) is 0 Å². The van der Waals surface area contributed by atoms with Crippen molar-refractivity contribution in [3.05, 3.63) is 56.2 Å². The molecule has 2 aromatic rings.